The van der Waals surface area contributed by atoms with Crippen LogP contribution in [0.25, 0.3) is 0 Å². The summed E-state index contributed by atoms with van der Waals surface area (Å²) in [5, 5.41) is 12.4. The summed E-state index contributed by atoms with van der Waals surface area (Å²) in [4.78, 5) is 14.4. The van der Waals surface area contributed by atoms with Crippen LogP contribution in [0.3, 0.4) is 0 Å². The summed E-state index contributed by atoms with van der Waals surface area (Å²) in [6.45, 7) is 4.71. The second-order valence-electron chi connectivity index (χ2n) is 5.88. The van der Waals surface area contributed by atoms with Crippen LogP contribution >= 0.6 is 11.8 Å². The molecule has 1 amide bonds. The van der Waals surface area contributed by atoms with Crippen molar-refractivity contribution < 1.29 is 9.53 Å². The zero-order valence-electron chi connectivity index (χ0n) is 15.6. The Bertz CT molecular complexity index is 912. The fraction of sp³-hybridized carbons (Fsp3) is 0.200. The van der Waals surface area contributed by atoms with Gasteiger partial charge in [0, 0.05) is 12.2 Å². The maximum atomic E-state index is 12.7. The number of hydrogen-bond acceptors (Lipinski definition) is 6. The van der Waals surface area contributed by atoms with Crippen LogP contribution < -0.4 is 9.64 Å². The lowest BCUT2D eigenvalue weighted by molar-refractivity contribution is -0.116. The van der Waals surface area contributed by atoms with Gasteiger partial charge in [-0.15, -0.1) is 11.7 Å². The van der Waals surface area contributed by atoms with Crippen molar-refractivity contribution >= 4 is 23.4 Å². The molecule has 0 saturated heterocycles. The number of benzene rings is 2. The van der Waals surface area contributed by atoms with Crippen molar-refractivity contribution in [2.24, 2.45) is 0 Å². The Morgan fingerprint density at radius 1 is 1.21 bits per heavy atom. The molecule has 0 aliphatic heterocycles. The number of tetrazole rings is 1. The number of rotatable bonds is 9. The quantitative estimate of drug-likeness (QED) is 0.410. The number of amides is 1. The van der Waals surface area contributed by atoms with Crippen molar-refractivity contribution in [2.75, 3.05) is 24.3 Å². The van der Waals surface area contributed by atoms with E-state index in [1.165, 1.54) is 11.8 Å². The molecule has 0 radical (unpaired) electrons. The van der Waals surface area contributed by atoms with E-state index in [0.717, 1.165) is 17.0 Å². The number of aromatic nitrogens is 4. The van der Waals surface area contributed by atoms with Gasteiger partial charge in [-0.2, -0.15) is 0 Å². The van der Waals surface area contributed by atoms with Crippen molar-refractivity contribution in [2.45, 2.75) is 11.7 Å². The Morgan fingerprint density at radius 2 is 1.96 bits per heavy atom. The van der Waals surface area contributed by atoms with Crippen molar-refractivity contribution in [1.82, 2.24) is 20.2 Å². The Kier molecular flexibility index (Phi) is 6.80. The van der Waals surface area contributed by atoms with Gasteiger partial charge in [-0.05, 0) is 40.3 Å². The van der Waals surface area contributed by atoms with Crippen LogP contribution in [0.1, 0.15) is 5.56 Å². The first-order chi connectivity index (χ1) is 13.7. The van der Waals surface area contributed by atoms with Gasteiger partial charge in [0.2, 0.25) is 11.1 Å². The number of thioether (sulfide) groups is 1. The van der Waals surface area contributed by atoms with E-state index >= 15 is 0 Å². The van der Waals surface area contributed by atoms with Gasteiger partial charge >= 0.3 is 0 Å². The van der Waals surface area contributed by atoms with Crippen molar-refractivity contribution in [3.05, 3.63) is 72.8 Å². The minimum absolute atomic E-state index is 0.0323. The standard InChI is InChI=1S/C20H21N5O2S/c1-3-13-24(17-7-5-4-6-8-17)19(26)15-28-20-21-22-23-25(20)14-16-9-11-18(27-2)12-10-16/h3-12H,1,13-15H2,2H3. The average molecular weight is 395 g/mol. The molecular formula is C20H21N5O2S. The van der Waals surface area contributed by atoms with Gasteiger partial charge in [0.15, 0.2) is 0 Å². The van der Waals surface area contributed by atoms with Crippen molar-refractivity contribution in [3.63, 3.8) is 0 Å². The fourth-order valence-corrected chi connectivity index (χ4v) is 3.35. The molecule has 0 unspecified atom stereocenters. The molecule has 0 bridgehead atoms. The largest absolute Gasteiger partial charge is 0.497 e. The molecule has 1 aromatic heterocycles. The number of methoxy groups -OCH3 is 1. The van der Waals surface area contributed by atoms with Gasteiger partial charge in [-0.25, -0.2) is 4.68 Å². The summed E-state index contributed by atoms with van der Waals surface area (Å²) >= 11 is 1.31. The third-order valence-corrected chi connectivity index (χ3v) is 4.94. The highest BCUT2D eigenvalue weighted by Crippen LogP contribution is 2.20. The molecule has 0 atom stereocenters. The maximum Gasteiger partial charge on any atom is 0.237 e. The van der Waals surface area contributed by atoms with E-state index in [4.69, 9.17) is 4.74 Å². The van der Waals surface area contributed by atoms with Crippen LogP contribution in [0.5, 0.6) is 5.75 Å². The number of carbonyl (C=O) groups is 1. The minimum Gasteiger partial charge on any atom is -0.497 e. The molecule has 144 valence electrons. The number of carbonyl (C=O) groups excluding carboxylic acids is 1. The Labute approximate surface area is 168 Å². The highest BCUT2D eigenvalue weighted by atomic mass is 32.2. The first-order valence-electron chi connectivity index (χ1n) is 8.69. The molecule has 8 heteroatoms. The molecule has 0 fully saturated rings. The van der Waals surface area contributed by atoms with Gasteiger partial charge in [0.25, 0.3) is 0 Å². The van der Waals surface area contributed by atoms with Crippen molar-refractivity contribution in [3.8, 4) is 5.75 Å². The molecule has 28 heavy (non-hydrogen) atoms. The molecule has 0 saturated carbocycles. The Hall–Kier alpha value is -3.13. The van der Waals surface area contributed by atoms with Crippen LogP contribution in [-0.4, -0.2) is 45.5 Å². The molecule has 7 nitrogen and oxygen atoms in total. The van der Waals surface area contributed by atoms with E-state index in [9.17, 15) is 4.79 Å². The van der Waals surface area contributed by atoms with Crippen LogP contribution in [0.15, 0.2) is 72.4 Å². The predicted octanol–water partition coefficient (Wildman–Crippen LogP) is 3.04. The van der Waals surface area contributed by atoms with E-state index < -0.39 is 0 Å². The molecule has 2 aromatic carbocycles. The Morgan fingerprint density at radius 3 is 2.64 bits per heavy atom. The van der Waals surface area contributed by atoms with Crippen LogP contribution in [0.2, 0.25) is 0 Å². The molecule has 0 aliphatic rings. The van der Waals surface area contributed by atoms with E-state index in [1.807, 2.05) is 54.6 Å². The second-order valence-corrected chi connectivity index (χ2v) is 6.83. The van der Waals surface area contributed by atoms with Gasteiger partial charge < -0.3 is 9.64 Å². The minimum atomic E-state index is -0.0323. The van der Waals surface area contributed by atoms with Gasteiger partial charge in [-0.1, -0.05) is 48.2 Å². The summed E-state index contributed by atoms with van der Waals surface area (Å²) in [5.41, 5.74) is 1.88. The summed E-state index contributed by atoms with van der Waals surface area (Å²) < 4.78 is 6.85. The summed E-state index contributed by atoms with van der Waals surface area (Å²) in [6, 6.07) is 17.2. The number of nitrogens with zero attached hydrogens (tertiary/aromatic N) is 5. The van der Waals surface area contributed by atoms with E-state index in [0.29, 0.717) is 18.2 Å². The smallest absolute Gasteiger partial charge is 0.237 e. The predicted molar refractivity (Wildman–Crippen MR) is 110 cm³/mol. The molecule has 0 N–H and O–H groups in total. The van der Waals surface area contributed by atoms with Gasteiger partial charge in [-0.3, -0.25) is 4.79 Å². The van der Waals surface area contributed by atoms with E-state index in [1.54, 1.807) is 22.8 Å². The summed E-state index contributed by atoms with van der Waals surface area (Å²) in [6.07, 6.45) is 1.71. The molecule has 0 spiro atoms. The van der Waals surface area contributed by atoms with Crippen molar-refractivity contribution in [1.29, 1.82) is 0 Å². The van der Waals surface area contributed by atoms with E-state index in [2.05, 4.69) is 22.1 Å². The number of ether oxygens (including phenoxy) is 1. The average Bonchev–Trinajstić information content (AvgIpc) is 3.18. The lowest BCUT2D eigenvalue weighted by Gasteiger charge is -2.20. The monoisotopic (exact) mass is 395 g/mol. The second kappa shape index (κ2) is 9.70. The van der Waals surface area contributed by atoms with Gasteiger partial charge in [0.05, 0.1) is 19.4 Å². The van der Waals surface area contributed by atoms with Crippen LogP contribution in [0.4, 0.5) is 5.69 Å². The zero-order chi connectivity index (χ0) is 19.8. The lowest BCUT2D eigenvalue weighted by Crippen LogP contribution is -2.32. The normalized spacial score (nSPS) is 10.5. The molecule has 1 heterocycles. The number of hydrogen-bond donors (Lipinski definition) is 0. The van der Waals surface area contributed by atoms with Crippen LogP contribution in [-0.2, 0) is 11.3 Å². The highest BCUT2D eigenvalue weighted by Gasteiger charge is 2.17. The SMILES string of the molecule is C=CCN(C(=O)CSc1nnnn1Cc1ccc(OC)cc1)c1ccccc1. The highest BCUT2D eigenvalue weighted by molar-refractivity contribution is 7.99. The third kappa shape index (κ3) is 4.98. The summed E-state index contributed by atoms with van der Waals surface area (Å²) in [7, 11) is 1.63. The summed E-state index contributed by atoms with van der Waals surface area (Å²) in [5.74, 6) is 0.991. The molecule has 3 aromatic rings. The number of para-hydroxylation sites is 1. The number of anilines is 1. The van der Waals surface area contributed by atoms with E-state index in [-0.39, 0.29) is 11.7 Å². The van der Waals surface area contributed by atoms with Gasteiger partial charge in [0.1, 0.15) is 5.75 Å². The third-order valence-electron chi connectivity index (χ3n) is 4.00. The molecular weight excluding hydrogens is 374 g/mol. The lowest BCUT2D eigenvalue weighted by atomic mass is 10.2. The van der Waals surface area contributed by atoms with Crippen LogP contribution in [0, 0.1) is 0 Å². The first kappa shape index (κ1) is 19.6. The first-order valence-corrected chi connectivity index (χ1v) is 9.68. The maximum absolute atomic E-state index is 12.7. The molecule has 3 rings (SSSR count). The fourth-order valence-electron chi connectivity index (χ4n) is 2.60. The zero-order valence-corrected chi connectivity index (χ0v) is 16.4. The topological polar surface area (TPSA) is 73.1 Å². The molecule has 0 aliphatic carbocycles. The Balaban J connectivity index is 1.65.